The van der Waals surface area contributed by atoms with E-state index in [4.69, 9.17) is 0 Å². The molecule has 0 aliphatic carbocycles. The molecule has 3 aromatic rings. The zero-order valence-electron chi connectivity index (χ0n) is 20.0. The molecule has 1 unspecified atom stereocenters. The van der Waals surface area contributed by atoms with E-state index in [-0.39, 0.29) is 11.5 Å². The maximum Gasteiger partial charge on any atom is 0.269 e. The molecule has 1 aliphatic rings. The second-order valence-electron chi connectivity index (χ2n) is 8.61. The van der Waals surface area contributed by atoms with E-state index < -0.39 is 11.2 Å². The molecule has 1 saturated heterocycles. The van der Waals surface area contributed by atoms with E-state index in [0.29, 0.717) is 22.8 Å². The molecule has 1 atom stereocenters. The number of benzene rings is 3. The van der Waals surface area contributed by atoms with Crippen LogP contribution in [-0.2, 0) is 22.4 Å². The summed E-state index contributed by atoms with van der Waals surface area (Å²) < 4.78 is 0. The minimum absolute atomic E-state index is 0.0739. The van der Waals surface area contributed by atoms with E-state index >= 15 is 0 Å². The number of nitriles is 1. The summed E-state index contributed by atoms with van der Waals surface area (Å²) in [5.41, 5.74) is 5.55. The molecule has 3 aromatic carbocycles. The third kappa shape index (κ3) is 5.47. The first-order valence-corrected chi connectivity index (χ1v) is 12.4. The molecule has 1 N–H and O–H groups in total. The molecule has 6 heteroatoms. The molecule has 1 aliphatic heterocycles. The van der Waals surface area contributed by atoms with E-state index in [9.17, 15) is 14.9 Å². The van der Waals surface area contributed by atoms with E-state index in [0.717, 1.165) is 28.7 Å². The molecule has 1 fully saturated rings. The van der Waals surface area contributed by atoms with Gasteiger partial charge in [-0.15, -0.1) is 0 Å². The van der Waals surface area contributed by atoms with Crippen molar-refractivity contribution in [2.75, 3.05) is 10.2 Å². The summed E-state index contributed by atoms with van der Waals surface area (Å²) in [6.07, 6.45) is 1.39. The first kappa shape index (κ1) is 24.3. The van der Waals surface area contributed by atoms with Crippen molar-refractivity contribution in [2.45, 2.75) is 38.9 Å². The summed E-state index contributed by atoms with van der Waals surface area (Å²) in [6.45, 7) is 6.05. The second kappa shape index (κ2) is 10.6. The average molecular weight is 482 g/mol. The topological polar surface area (TPSA) is 73.2 Å². The van der Waals surface area contributed by atoms with Crippen molar-refractivity contribution in [1.82, 2.24) is 0 Å². The van der Waals surface area contributed by atoms with Crippen LogP contribution in [-0.4, -0.2) is 17.1 Å². The molecule has 0 aromatic heterocycles. The van der Waals surface area contributed by atoms with Crippen LogP contribution < -0.4 is 10.2 Å². The van der Waals surface area contributed by atoms with Gasteiger partial charge in [-0.3, -0.25) is 14.5 Å². The number of nitrogens with one attached hydrogen (secondary N) is 1. The van der Waals surface area contributed by atoms with Gasteiger partial charge in [0.1, 0.15) is 16.7 Å². The Balaban J connectivity index is 1.72. The van der Waals surface area contributed by atoms with Crippen LogP contribution in [0.5, 0.6) is 0 Å². The number of carbonyl (C=O) groups is 2. The molecule has 0 radical (unpaired) electrons. The molecule has 4 rings (SSSR count). The number of hydrogen-bond donors (Lipinski definition) is 1. The molecule has 0 bridgehead atoms. The second-order valence-corrected chi connectivity index (χ2v) is 9.80. The normalized spacial score (nSPS) is 16.7. The van der Waals surface area contributed by atoms with Crippen LogP contribution in [0.3, 0.4) is 0 Å². The van der Waals surface area contributed by atoms with Gasteiger partial charge in [-0.1, -0.05) is 78.3 Å². The lowest BCUT2D eigenvalue weighted by Crippen LogP contribution is -2.31. The highest BCUT2D eigenvalue weighted by Gasteiger charge is 2.40. The number of anilines is 2. The van der Waals surface area contributed by atoms with Crippen molar-refractivity contribution < 1.29 is 9.59 Å². The number of amides is 2. The van der Waals surface area contributed by atoms with Crippen LogP contribution in [0.15, 0.2) is 83.4 Å². The van der Waals surface area contributed by atoms with Crippen molar-refractivity contribution >= 4 is 35.0 Å². The number of rotatable bonds is 6. The van der Waals surface area contributed by atoms with Gasteiger partial charge >= 0.3 is 0 Å². The van der Waals surface area contributed by atoms with E-state index in [1.54, 1.807) is 12.1 Å². The monoisotopic (exact) mass is 481 g/mol. The lowest BCUT2D eigenvalue weighted by atomic mass is 10.1. The SMILES string of the molecule is CCc1ccc(N2C(=O)C(Cc3cccc(C)c3)S/C2=C(/C#N)C(=O)Nc2ccc(C)cc2)cc1. The maximum atomic E-state index is 13.6. The predicted molar refractivity (Wildman–Crippen MR) is 142 cm³/mol. The zero-order valence-corrected chi connectivity index (χ0v) is 20.9. The standard InChI is InChI=1S/C29H27N3O2S/c1-4-21-10-14-24(15-11-21)32-28(34)26(17-22-7-5-6-20(3)16-22)35-29(32)25(18-30)27(33)31-23-12-8-19(2)9-13-23/h5-16,26H,4,17H2,1-3H3,(H,31,33)/b29-25-. The highest BCUT2D eigenvalue weighted by atomic mass is 32.2. The van der Waals surface area contributed by atoms with E-state index in [2.05, 4.69) is 24.4 Å². The molecule has 1 heterocycles. The summed E-state index contributed by atoms with van der Waals surface area (Å²) in [4.78, 5) is 28.3. The number of aryl methyl sites for hydroxylation is 3. The Kier molecular flexibility index (Phi) is 7.38. The van der Waals surface area contributed by atoms with Gasteiger partial charge in [0.2, 0.25) is 5.91 Å². The first-order chi connectivity index (χ1) is 16.9. The quantitative estimate of drug-likeness (QED) is 0.350. The largest absolute Gasteiger partial charge is 0.321 e. The van der Waals surface area contributed by atoms with Gasteiger partial charge in [-0.05, 0) is 62.1 Å². The van der Waals surface area contributed by atoms with Gasteiger partial charge in [0, 0.05) is 11.4 Å². The third-order valence-corrected chi connectivity index (χ3v) is 7.18. The number of carbonyl (C=O) groups excluding carboxylic acids is 2. The van der Waals surface area contributed by atoms with Crippen molar-refractivity contribution in [3.8, 4) is 6.07 Å². The summed E-state index contributed by atoms with van der Waals surface area (Å²) in [5, 5.41) is 12.7. The first-order valence-electron chi connectivity index (χ1n) is 11.6. The highest BCUT2D eigenvalue weighted by molar-refractivity contribution is 8.05. The summed E-state index contributed by atoms with van der Waals surface area (Å²) in [7, 11) is 0. The molecular formula is C29H27N3O2S. The van der Waals surface area contributed by atoms with E-state index in [1.807, 2.05) is 68.4 Å². The van der Waals surface area contributed by atoms with Gasteiger partial charge in [0.25, 0.3) is 5.91 Å². The summed E-state index contributed by atoms with van der Waals surface area (Å²) in [6, 6.07) is 25.2. The zero-order chi connectivity index (χ0) is 24.9. The van der Waals surface area contributed by atoms with Crippen LogP contribution in [0.2, 0.25) is 0 Å². The fourth-order valence-corrected chi connectivity index (χ4v) is 5.29. The lowest BCUT2D eigenvalue weighted by Gasteiger charge is -2.19. The van der Waals surface area contributed by atoms with Gasteiger partial charge in [-0.25, -0.2) is 0 Å². The number of hydrogen-bond acceptors (Lipinski definition) is 4. The fourth-order valence-electron chi connectivity index (χ4n) is 3.99. The Morgan fingerprint density at radius 1 is 1.00 bits per heavy atom. The smallest absolute Gasteiger partial charge is 0.269 e. The Morgan fingerprint density at radius 2 is 1.71 bits per heavy atom. The maximum absolute atomic E-state index is 13.6. The van der Waals surface area contributed by atoms with Crippen LogP contribution in [0.4, 0.5) is 11.4 Å². The summed E-state index contributed by atoms with van der Waals surface area (Å²) in [5.74, 6) is -0.662. The Labute approximate surface area is 210 Å². The number of thioether (sulfide) groups is 1. The minimum atomic E-state index is -0.530. The Morgan fingerprint density at radius 3 is 2.34 bits per heavy atom. The van der Waals surface area contributed by atoms with E-state index in [1.165, 1.54) is 16.7 Å². The molecular weight excluding hydrogens is 454 g/mol. The molecule has 0 saturated carbocycles. The van der Waals surface area contributed by atoms with Gasteiger partial charge in [-0.2, -0.15) is 5.26 Å². The number of nitrogens with zero attached hydrogens (tertiary/aromatic N) is 2. The van der Waals surface area contributed by atoms with Crippen molar-refractivity contribution in [2.24, 2.45) is 0 Å². The Hall–Kier alpha value is -3.82. The van der Waals surface area contributed by atoms with Gasteiger partial charge in [0.15, 0.2) is 0 Å². The molecule has 35 heavy (non-hydrogen) atoms. The van der Waals surface area contributed by atoms with Gasteiger partial charge in [0.05, 0.1) is 5.25 Å². The van der Waals surface area contributed by atoms with Crippen LogP contribution in [0, 0.1) is 25.2 Å². The Bertz CT molecular complexity index is 1320. The van der Waals surface area contributed by atoms with Crippen molar-refractivity contribution in [3.63, 3.8) is 0 Å². The lowest BCUT2D eigenvalue weighted by molar-refractivity contribution is -0.117. The molecule has 176 valence electrons. The van der Waals surface area contributed by atoms with Crippen LogP contribution in [0.25, 0.3) is 0 Å². The predicted octanol–water partition coefficient (Wildman–Crippen LogP) is 5.93. The van der Waals surface area contributed by atoms with Crippen LogP contribution >= 0.6 is 11.8 Å². The third-order valence-electron chi connectivity index (χ3n) is 5.92. The molecule has 0 spiro atoms. The van der Waals surface area contributed by atoms with Crippen molar-refractivity contribution in [1.29, 1.82) is 5.26 Å². The highest BCUT2D eigenvalue weighted by Crippen LogP contribution is 2.42. The van der Waals surface area contributed by atoms with Gasteiger partial charge < -0.3 is 5.32 Å². The fraction of sp³-hybridized carbons (Fsp3) is 0.207. The minimum Gasteiger partial charge on any atom is -0.321 e. The summed E-state index contributed by atoms with van der Waals surface area (Å²) >= 11 is 1.28. The molecule has 2 amide bonds. The van der Waals surface area contributed by atoms with Crippen molar-refractivity contribution in [3.05, 3.63) is 106 Å². The molecule has 5 nitrogen and oxygen atoms in total. The average Bonchev–Trinajstić information content (AvgIpc) is 3.16. The van der Waals surface area contributed by atoms with Crippen LogP contribution in [0.1, 0.15) is 29.2 Å².